The molecule has 82 valence electrons. The minimum Gasteiger partial charge on any atom is -0.356 e. The molecule has 2 nitrogen and oxygen atoms in total. The van der Waals surface area contributed by atoms with E-state index in [-0.39, 0.29) is 11.8 Å². The van der Waals surface area contributed by atoms with Crippen molar-refractivity contribution >= 4 is 21.8 Å². The molecule has 0 aliphatic carbocycles. The number of carbonyl (C=O) groups is 1. The lowest BCUT2D eigenvalue weighted by Crippen LogP contribution is -2.23. The Kier molecular flexibility index (Phi) is 4.82. The Balaban J connectivity index is 2.57. The third-order valence-corrected chi connectivity index (χ3v) is 2.83. The molecule has 0 aromatic heterocycles. The van der Waals surface area contributed by atoms with Crippen LogP contribution in [0.15, 0.2) is 28.7 Å². The second-order valence-electron chi connectivity index (χ2n) is 3.61. The summed E-state index contributed by atoms with van der Waals surface area (Å²) in [5.74, 6) is 0.387. The molecule has 0 spiro atoms. The number of amides is 1. The summed E-state index contributed by atoms with van der Waals surface area (Å²) in [6.07, 6.45) is 0.551. The fourth-order valence-corrected chi connectivity index (χ4v) is 1.72. The molecule has 15 heavy (non-hydrogen) atoms. The van der Waals surface area contributed by atoms with Crippen LogP contribution in [0.1, 0.15) is 31.7 Å². The van der Waals surface area contributed by atoms with Gasteiger partial charge in [-0.25, -0.2) is 0 Å². The number of halogens is 1. The molecule has 1 aromatic rings. The van der Waals surface area contributed by atoms with Gasteiger partial charge >= 0.3 is 0 Å². The van der Waals surface area contributed by atoms with Gasteiger partial charge < -0.3 is 5.32 Å². The molecule has 0 bridgehead atoms. The summed E-state index contributed by atoms with van der Waals surface area (Å²) in [7, 11) is 0. The summed E-state index contributed by atoms with van der Waals surface area (Å²) in [6.45, 7) is 4.70. The van der Waals surface area contributed by atoms with Crippen LogP contribution in [-0.4, -0.2) is 12.5 Å². The van der Waals surface area contributed by atoms with Gasteiger partial charge in [0.15, 0.2) is 0 Å². The van der Waals surface area contributed by atoms with Crippen LogP contribution < -0.4 is 5.32 Å². The molecule has 0 aliphatic heterocycles. The summed E-state index contributed by atoms with van der Waals surface area (Å²) in [4.78, 5) is 11.4. The van der Waals surface area contributed by atoms with Gasteiger partial charge in [0.1, 0.15) is 0 Å². The standard InChI is InChI=1S/C12H16BrNO/c1-3-14-12(15)8-9(2)10-4-6-11(13)7-5-10/h4-7,9H,3,8H2,1-2H3,(H,14,15). The second-order valence-corrected chi connectivity index (χ2v) is 4.53. The van der Waals surface area contributed by atoms with E-state index in [1.807, 2.05) is 31.2 Å². The molecule has 3 heteroatoms. The Morgan fingerprint density at radius 3 is 2.53 bits per heavy atom. The number of carbonyl (C=O) groups excluding carboxylic acids is 1. The highest BCUT2D eigenvalue weighted by Crippen LogP contribution is 2.20. The highest BCUT2D eigenvalue weighted by atomic mass is 79.9. The first-order chi connectivity index (χ1) is 7.13. The van der Waals surface area contributed by atoms with Crippen molar-refractivity contribution in [2.24, 2.45) is 0 Å². The fraction of sp³-hybridized carbons (Fsp3) is 0.417. The molecule has 0 fully saturated rings. The number of rotatable bonds is 4. The minimum atomic E-state index is 0.118. The van der Waals surface area contributed by atoms with Crippen molar-refractivity contribution in [3.05, 3.63) is 34.3 Å². The van der Waals surface area contributed by atoms with E-state index in [2.05, 4.69) is 28.2 Å². The molecule has 0 heterocycles. The van der Waals surface area contributed by atoms with Crippen LogP contribution >= 0.6 is 15.9 Å². The monoisotopic (exact) mass is 269 g/mol. The van der Waals surface area contributed by atoms with Gasteiger partial charge in [0.05, 0.1) is 0 Å². The number of benzene rings is 1. The Labute approximate surface area is 99.2 Å². The lowest BCUT2D eigenvalue weighted by Gasteiger charge is -2.11. The Morgan fingerprint density at radius 1 is 1.40 bits per heavy atom. The fourth-order valence-electron chi connectivity index (χ4n) is 1.46. The van der Waals surface area contributed by atoms with Crippen LogP contribution in [0.25, 0.3) is 0 Å². The van der Waals surface area contributed by atoms with Crippen molar-refractivity contribution in [2.45, 2.75) is 26.2 Å². The molecule has 1 N–H and O–H groups in total. The molecule has 0 aliphatic rings. The van der Waals surface area contributed by atoms with E-state index in [1.165, 1.54) is 5.56 Å². The van der Waals surface area contributed by atoms with E-state index in [9.17, 15) is 4.79 Å². The van der Waals surface area contributed by atoms with Crippen molar-refractivity contribution < 1.29 is 4.79 Å². The molecular weight excluding hydrogens is 254 g/mol. The van der Waals surface area contributed by atoms with Gasteiger partial charge in [-0.2, -0.15) is 0 Å². The van der Waals surface area contributed by atoms with Crippen molar-refractivity contribution in [1.29, 1.82) is 0 Å². The lowest BCUT2D eigenvalue weighted by atomic mass is 9.98. The zero-order chi connectivity index (χ0) is 11.3. The first-order valence-corrected chi connectivity index (χ1v) is 5.95. The Morgan fingerprint density at radius 2 is 2.00 bits per heavy atom. The molecule has 0 saturated carbocycles. The van der Waals surface area contributed by atoms with Crippen LogP contribution in [0.4, 0.5) is 0 Å². The van der Waals surface area contributed by atoms with Crippen molar-refractivity contribution in [3.8, 4) is 0 Å². The maximum absolute atomic E-state index is 11.4. The molecule has 0 radical (unpaired) electrons. The van der Waals surface area contributed by atoms with Crippen LogP contribution in [0.5, 0.6) is 0 Å². The van der Waals surface area contributed by atoms with E-state index >= 15 is 0 Å². The number of hydrogen-bond donors (Lipinski definition) is 1. The summed E-state index contributed by atoms with van der Waals surface area (Å²) < 4.78 is 1.07. The first kappa shape index (κ1) is 12.2. The third kappa shape index (κ3) is 4.04. The quantitative estimate of drug-likeness (QED) is 0.895. The molecule has 1 rings (SSSR count). The Bertz CT molecular complexity index is 321. The highest BCUT2D eigenvalue weighted by Gasteiger charge is 2.09. The van der Waals surface area contributed by atoms with Gasteiger partial charge in [0.25, 0.3) is 0 Å². The van der Waals surface area contributed by atoms with Crippen LogP contribution in [0.3, 0.4) is 0 Å². The zero-order valence-corrected chi connectivity index (χ0v) is 10.7. The number of hydrogen-bond acceptors (Lipinski definition) is 1. The molecular formula is C12H16BrNO. The van der Waals surface area contributed by atoms with Crippen molar-refractivity contribution in [1.82, 2.24) is 5.32 Å². The normalized spacial score (nSPS) is 12.2. The predicted octanol–water partition coefficient (Wildman–Crippen LogP) is 3.08. The van der Waals surface area contributed by atoms with E-state index in [4.69, 9.17) is 0 Å². The van der Waals surface area contributed by atoms with Crippen molar-refractivity contribution in [3.63, 3.8) is 0 Å². The summed E-state index contributed by atoms with van der Waals surface area (Å²) >= 11 is 3.39. The Hall–Kier alpha value is -0.830. The van der Waals surface area contributed by atoms with E-state index in [1.54, 1.807) is 0 Å². The van der Waals surface area contributed by atoms with Crippen LogP contribution in [0.2, 0.25) is 0 Å². The van der Waals surface area contributed by atoms with Gasteiger partial charge in [-0.15, -0.1) is 0 Å². The molecule has 1 aromatic carbocycles. The average Bonchev–Trinajstić information content (AvgIpc) is 2.18. The summed E-state index contributed by atoms with van der Waals surface area (Å²) in [5, 5.41) is 2.81. The average molecular weight is 270 g/mol. The van der Waals surface area contributed by atoms with Gasteiger partial charge in [0.2, 0.25) is 5.91 Å². The van der Waals surface area contributed by atoms with E-state index < -0.39 is 0 Å². The molecule has 1 unspecified atom stereocenters. The smallest absolute Gasteiger partial charge is 0.220 e. The summed E-state index contributed by atoms with van der Waals surface area (Å²) in [5.41, 5.74) is 1.20. The third-order valence-electron chi connectivity index (χ3n) is 2.30. The van der Waals surface area contributed by atoms with Crippen molar-refractivity contribution in [2.75, 3.05) is 6.54 Å². The first-order valence-electron chi connectivity index (χ1n) is 5.15. The highest BCUT2D eigenvalue weighted by molar-refractivity contribution is 9.10. The SMILES string of the molecule is CCNC(=O)CC(C)c1ccc(Br)cc1. The van der Waals surface area contributed by atoms with Gasteiger partial charge in [-0.05, 0) is 30.5 Å². The maximum Gasteiger partial charge on any atom is 0.220 e. The summed E-state index contributed by atoms with van der Waals surface area (Å²) in [6, 6.07) is 8.11. The number of nitrogens with one attached hydrogen (secondary N) is 1. The van der Waals surface area contributed by atoms with Crippen LogP contribution in [-0.2, 0) is 4.79 Å². The van der Waals surface area contributed by atoms with E-state index in [0.29, 0.717) is 13.0 Å². The minimum absolute atomic E-state index is 0.118. The molecule has 1 amide bonds. The lowest BCUT2D eigenvalue weighted by molar-refractivity contribution is -0.121. The largest absolute Gasteiger partial charge is 0.356 e. The maximum atomic E-state index is 11.4. The van der Waals surface area contributed by atoms with Gasteiger partial charge in [-0.3, -0.25) is 4.79 Å². The van der Waals surface area contributed by atoms with E-state index in [0.717, 1.165) is 4.47 Å². The molecule has 0 saturated heterocycles. The second kappa shape index (κ2) is 5.91. The topological polar surface area (TPSA) is 29.1 Å². The van der Waals surface area contributed by atoms with Gasteiger partial charge in [0, 0.05) is 17.4 Å². The zero-order valence-electron chi connectivity index (χ0n) is 9.09. The predicted molar refractivity (Wildman–Crippen MR) is 65.9 cm³/mol. The van der Waals surface area contributed by atoms with Gasteiger partial charge in [-0.1, -0.05) is 35.0 Å². The molecule has 1 atom stereocenters. The van der Waals surface area contributed by atoms with Crippen LogP contribution in [0, 0.1) is 0 Å².